The number of carbonyl (C=O) groups excluding carboxylic acids is 2. The number of anilines is 1. The van der Waals surface area contributed by atoms with Gasteiger partial charge in [0, 0.05) is 34.8 Å². The maximum absolute atomic E-state index is 13.4. The van der Waals surface area contributed by atoms with Crippen LogP contribution in [0, 0.1) is 5.92 Å². The first-order chi connectivity index (χ1) is 18.8. The minimum atomic E-state index is -0.797. The normalized spacial score (nSPS) is 18.3. The Bertz CT molecular complexity index is 1600. The molecule has 2 aromatic carbocycles. The molecule has 1 aliphatic heterocycles. The molecular formula is C27H25Cl2N7O3. The van der Waals surface area contributed by atoms with Gasteiger partial charge in [-0.3, -0.25) is 19.0 Å². The molecule has 0 bridgehead atoms. The molecule has 0 saturated heterocycles. The summed E-state index contributed by atoms with van der Waals surface area (Å²) in [5, 5.41) is 14.3. The zero-order valence-corrected chi connectivity index (χ0v) is 22.5. The molecule has 0 saturated carbocycles. The van der Waals surface area contributed by atoms with Crippen molar-refractivity contribution in [1.29, 1.82) is 0 Å². The van der Waals surface area contributed by atoms with Gasteiger partial charge in [-0.1, -0.05) is 60.0 Å². The number of nitrogens with zero attached hydrogens (tertiary/aromatic N) is 5. The van der Waals surface area contributed by atoms with Crippen molar-refractivity contribution in [1.82, 2.24) is 29.9 Å². The van der Waals surface area contributed by atoms with E-state index in [-0.39, 0.29) is 29.4 Å². The first-order valence-electron chi connectivity index (χ1n) is 12.4. The number of hydrogen-bond donors (Lipinski definition) is 2. The molecule has 12 heteroatoms. The van der Waals surface area contributed by atoms with Gasteiger partial charge in [-0.25, -0.2) is 9.67 Å². The van der Waals surface area contributed by atoms with Crippen LogP contribution >= 0.6 is 23.2 Å². The topological polar surface area (TPSA) is 124 Å². The fraction of sp³-hybridized carbons (Fsp3) is 0.259. The molecule has 2 N–H and O–H groups in total. The molecule has 2 amide bonds. The van der Waals surface area contributed by atoms with Crippen molar-refractivity contribution in [3.8, 4) is 16.9 Å². The smallest absolute Gasteiger partial charge is 0.254 e. The zero-order chi connectivity index (χ0) is 27.5. The van der Waals surface area contributed by atoms with Gasteiger partial charge in [-0.15, -0.1) is 5.10 Å². The molecule has 0 aliphatic carbocycles. The zero-order valence-electron chi connectivity index (χ0n) is 21.0. The summed E-state index contributed by atoms with van der Waals surface area (Å²) in [7, 11) is 0. The van der Waals surface area contributed by atoms with Gasteiger partial charge in [-0.2, -0.15) is 0 Å². The molecule has 2 atom stereocenters. The minimum Gasteiger partial charge on any atom is -0.350 e. The van der Waals surface area contributed by atoms with Crippen LogP contribution in [0.4, 0.5) is 5.69 Å². The molecule has 0 fully saturated rings. The Morgan fingerprint density at radius 3 is 2.59 bits per heavy atom. The number of amides is 2. The van der Waals surface area contributed by atoms with Gasteiger partial charge >= 0.3 is 0 Å². The summed E-state index contributed by atoms with van der Waals surface area (Å²) in [4.78, 5) is 43.9. The van der Waals surface area contributed by atoms with Gasteiger partial charge in [0.15, 0.2) is 5.15 Å². The van der Waals surface area contributed by atoms with Crippen LogP contribution in [0.3, 0.4) is 0 Å². The highest BCUT2D eigenvalue weighted by Crippen LogP contribution is 2.28. The number of nitrogens with one attached hydrogen (secondary N) is 2. The van der Waals surface area contributed by atoms with Crippen LogP contribution in [0.25, 0.3) is 16.9 Å². The molecule has 0 unspecified atom stereocenters. The predicted octanol–water partition coefficient (Wildman–Crippen LogP) is 4.41. The summed E-state index contributed by atoms with van der Waals surface area (Å²) >= 11 is 12.2. The molecule has 0 radical (unpaired) electrons. The number of rotatable bonds is 3. The van der Waals surface area contributed by atoms with E-state index in [9.17, 15) is 14.4 Å². The maximum Gasteiger partial charge on any atom is 0.254 e. The Morgan fingerprint density at radius 2 is 1.82 bits per heavy atom. The Labute approximate surface area is 234 Å². The van der Waals surface area contributed by atoms with E-state index < -0.39 is 11.6 Å². The molecule has 39 heavy (non-hydrogen) atoms. The van der Waals surface area contributed by atoms with E-state index in [1.54, 1.807) is 24.3 Å². The van der Waals surface area contributed by atoms with Crippen LogP contribution in [0.1, 0.15) is 37.8 Å². The fourth-order valence-corrected chi connectivity index (χ4v) is 4.86. The summed E-state index contributed by atoms with van der Waals surface area (Å²) in [6.07, 6.45) is 4.39. The quantitative estimate of drug-likeness (QED) is 0.379. The molecule has 4 aromatic rings. The molecular weight excluding hydrogens is 541 g/mol. The van der Waals surface area contributed by atoms with Crippen molar-refractivity contribution in [2.75, 3.05) is 5.32 Å². The lowest BCUT2D eigenvalue weighted by Crippen LogP contribution is -2.37. The summed E-state index contributed by atoms with van der Waals surface area (Å²) in [5.74, 6) is -0.647. The van der Waals surface area contributed by atoms with Crippen molar-refractivity contribution < 1.29 is 9.59 Å². The third-order valence-corrected chi connectivity index (χ3v) is 7.12. The number of benzene rings is 2. The molecule has 5 rings (SSSR count). The van der Waals surface area contributed by atoms with Crippen LogP contribution in [0.5, 0.6) is 0 Å². The second kappa shape index (κ2) is 11.4. The number of halogens is 2. The van der Waals surface area contributed by atoms with Gasteiger partial charge in [0.1, 0.15) is 6.04 Å². The molecule has 10 nitrogen and oxygen atoms in total. The van der Waals surface area contributed by atoms with Gasteiger partial charge in [0.05, 0.1) is 23.9 Å². The average Bonchev–Trinajstić information content (AvgIpc) is 3.36. The summed E-state index contributed by atoms with van der Waals surface area (Å²) in [5.41, 5.74) is 2.51. The monoisotopic (exact) mass is 565 g/mol. The van der Waals surface area contributed by atoms with Crippen molar-refractivity contribution in [3.63, 3.8) is 0 Å². The molecule has 2 aromatic heterocycles. The lowest BCUT2D eigenvalue weighted by Gasteiger charge is -2.22. The first-order valence-corrected chi connectivity index (χ1v) is 13.2. The van der Waals surface area contributed by atoms with Crippen LogP contribution in [-0.4, -0.2) is 36.4 Å². The third-order valence-electron chi connectivity index (χ3n) is 6.71. The summed E-state index contributed by atoms with van der Waals surface area (Å²) < 4.78 is 2.80. The summed E-state index contributed by atoms with van der Waals surface area (Å²) in [6.45, 7) is 2.05. The lowest BCUT2D eigenvalue weighted by atomic mass is 9.99. The number of aromatic nitrogens is 5. The standard InChI is InChI=1S/C27H25Cl2N7O3/c1-16-5-4-8-23(27(39)30-13-17-6-2-3-7-20(17)32-26(16)38)35-15-31-21(12-25(35)37)19-11-18(28)9-10-22(19)36-14-24(29)33-34-36/h2-3,6-7,9-12,14-16,23H,4-5,8,13H2,1H3,(H,30,39)(H,32,38)/t16-,23+/m1/s1. The van der Waals surface area contributed by atoms with E-state index in [0.29, 0.717) is 46.9 Å². The Kier molecular flexibility index (Phi) is 7.76. The van der Waals surface area contributed by atoms with Crippen molar-refractivity contribution in [2.24, 2.45) is 5.92 Å². The molecule has 200 valence electrons. The van der Waals surface area contributed by atoms with Gasteiger partial charge in [0.2, 0.25) is 11.8 Å². The number of carbonyl (C=O) groups is 2. The number of fused-ring (bicyclic) bond motifs is 1. The fourth-order valence-electron chi connectivity index (χ4n) is 4.56. The average molecular weight is 566 g/mol. The van der Waals surface area contributed by atoms with E-state index in [2.05, 4.69) is 25.9 Å². The Morgan fingerprint density at radius 1 is 1.00 bits per heavy atom. The van der Waals surface area contributed by atoms with Crippen LogP contribution in [0.2, 0.25) is 10.2 Å². The van der Waals surface area contributed by atoms with Crippen molar-refractivity contribution >= 4 is 40.7 Å². The molecule has 3 heterocycles. The van der Waals surface area contributed by atoms with Crippen LogP contribution < -0.4 is 16.2 Å². The maximum atomic E-state index is 13.4. The second-order valence-electron chi connectivity index (χ2n) is 9.38. The van der Waals surface area contributed by atoms with Crippen molar-refractivity contribution in [3.05, 3.63) is 87.1 Å². The van der Waals surface area contributed by atoms with E-state index in [0.717, 1.165) is 5.56 Å². The number of para-hydroxylation sites is 1. The lowest BCUT2D eigenvalue weighted by molar-refractivity contribution is -0.124. The van der Waals surface area contributed by atoms with Gasteiger partial charge < -0.3 is 10.6 Å². The summed E-state index contributed by atoms with van der Waals surface area (Å²) in [6, 6.07) is 13.0. The second-order valence-corrected chi connectivity index (χ2v) is 10.2. The Hall–Kier alpha value is -4.02. The van der Waals surface area contributed by atoms with Gasteiger partial charge in [0.25, 0.3) is 5.56 Å². The van der Waals surface area contributed by atoms with E-state index in [1.807, 2.05) is 25.1 Å². The Balaban J connectivity index is 1.48. The highest BCUT2D eigenvalue weighted by atomic mass is 35.5. The largest absolute Gasteiger partial charge is 0.350 e. The third kappa shape index (κ3) is 5.86. The molecule has 0 spiro atoms. The predicted molar refractivity (Wildman–Crippen MR) is 148 cm³/mol. The number of hydrogen-bond acceptors (Lipinski definition) is 6. The van der Waals surface area contributed by atoms with E-state index >= 15 is 0 Å². The first kappa shape index (κ1) is 26.6. The van der Waals surface area contributed by atoms with Crippen LogP contribution in [-0.2, 0) is 16.1 Å². The molecule has 1 aliphatic rings. The van der Waals surface area contributed by atoms with E-state index in [1.165, 1.54) is 27.8 Å². The van der Waals surface area contributed by atoms with Gasteiger partial charge in [-0.05, 0) is 42.7 Å². The van der Waals surface area contributed by atoms with Crippen LogP contribution in [0.15, 0.2) is 65.8 Å². The van der Waals surface area contributed by atoms with Crippen molar-refractivity contribution in [2.45, 2.75) is 38.8 Å². The highest BCUT2D eigenvalue weighted by molar-refractivity contribution is 6.31. The SMILES string of the molecule is C[C@@H]1CCC[C@H](n2cnc(-c3cc(Cl)ccc3-n3cc(Cl)nn3)cc2=O)C(=O)NCc2ccccc2NC1=O. The highest BCUT2D eigenvalue weighted by Gasteiger charge is 2.25. The minimum absolute atomic E-state index is 0.0833. The van der Waals surface area contributed by atoms with E-state index in [4.69, 9.17) is 23.2 Å².